The fourth-order valence-electron chi connectivity index (χ4n) is 4.62. The van der Waals surface area contributed by atoms with Gasteiger partial charge in [0.1, 0.15) is 28.8 Å². The van der Waals surface area contributed by atoms with Crippen molar-refractivity contribution in [2.75, 3.05) is 20.7 Å². The van der Waals surface area contributed by atoms with Crippen molar-refractivity contribution in [1.82, 2.24) is 20.1 Å². The summed E-state index contributed by atoms with van der Waals surface area (Å²) in [6.07, 6.45) is -0.816. The van der Waals surface area contributed by atoms with Crippen LogP contribution in [0, 0.1) is 17.8 Å². The maximum absolute atomic E-state index is 13.9. The van der Waals surface area contributed by atoms with Gasteiger partial charge in [-0.2, -0.15) is 0 Å². The van der Waals surface area contributed by atoms with Crippen molar-refractivity contribution in [2.45, 2.75) is 112 Å². The first-order valence-corrected chi connectivity index (χ1v) is 15.6. The van der Waals surface area contributed by atoms with Crippen LogP contribution in [0.15, 0.2) is 5.38 Å². The van der Waals surface area contributed by atoms with Crippen LogP contribution in [0.25, 0.3) is 0 Å². The molecule has 1 heterocycles. The van der Waals surface area contributed by atoms with Crippen molar-refractivity contribution < 1.29 is 33.8 Å². The minimum atomic E-state index is -1.01. The highest BCUT2D eigenvalue weighted by molar-refractivity contribution is 7.09. The van der Waals surface area contributed by atoms with Crippen LogP contribution in [0.1, 0.15) is 104 Å². The molecule has 1 aromatic heterocycles. The summed E-state index contributed by atoms with van der Waals surface area (Å²) in [4.78, 5) is 59.4. The zero-order chi connectivity index (χ0) is 32.5. The summed E-state index contributed by atoms with van der Waals surface area (Å²) in [5.74, 6) is -1.77. The number of carbonyl (C=O) groups is 4. The molecule has 1 aromatic rings. The van der Waals surface area contributed by atoms with Gasteiger partial charge in [-0.15, -0.1) is 11.3 Å². The van der Waals surface area contributed by atoms with E-state index in [4.69, 9.17) is 9.47 Å². The van der Waals surface area contributed by atoms with E-state index in [1.807, 2.05) is 41.5 Å². The van der Waals surface area contributed by atoms with Crippen LogP contribution in [0.2, 0.25) is 0 Å². The van der Waals surface area contributed by atoms with Crippen molar-refractivity contribution in [1.29, 1.82) is 0 Å². The normalized spacial score (nSPS) is 15.4. The van der Waals surface area contributed by atoms with Crippen LogP contribution < -0.4 is 5.32 Å². The smallest absolute Gasteiger partial charge is 0.410 e. The number of carbonyl (C=O) groups excluding carboxylic acids is 4. The van der Waals surface area contributed by atoms with Crippen molar-refractivity contribution in [3.63, 3.8) is 0 Å². The minimum Gasteiger partial charge on any atom is -0.461 e. The van der Waals surface area contributed by atoms with Gasteiger partial charge in [0.2, 0.25) is 11.8 Å². The highest BCUT2D eigenvalue weighted by Gasteiger charge is 2.38. The summed E-state index contributed by atoms with van der Waals surface area (Å²) in [6.45, 7) is 18.6. The molecule has 0 fully saturated rings. The zero-order valence-corrected chi connectivity index (χ0v) is 28.2. The first-order chi connectivity index (χ1) is 19.4. The highest BCUT2D eigenvalue weighted by Crippen LogP contribution is 2.28. The Bertz CT molecular complexity index is 1050. The number of amides is 3. The van der Waals surface area contributed by atoms with Crippen LogP contribution in [0.3, 0.4) is 0 Å². The molecule has 3 amide bonds. The fourth-order valence-corrected chi connectivity index (χ4v) is 5.41. The number of esters is 1. The SMILES string of the molecule is CCOC(=O)c1csc(C(O)CC(C(C)C)N(C)C(=O)C(NC(=O)C(C(C)C)N(C)C(=O)OC(C)(C)C)C(C)CC)n1. The number of thiazole rings is 1. The quantitative estimate of drug-likeness (QED) is 0.290. The molecule has 0 aliphatic heterocycles. The zero-order valence-electron chi connectivity index (χ0n) is 27.4. The van der Waals surface area contributed by atoms with Crippen LogP contribution in [-0.2, 0) is 19.1 Å². The average Bonchev–Trinajstić information content (AvgIpc) is 3.38. The summed E-state index contributed by atoms with van der Waals surface area (Å²) in [6, 6.07) is -2.10. The Hall–Kier alpha value is -2.73. The van der Waals surface area contributed by atoms with Crippen molar-refractivity contribution in [2.24, 2.45) is 17.8 Å². The molecular weight excluding hydrogens is 560 g/mol. The van der Waals surface area contributed by atoms with Gasteiger partial charge in [-0.25, -0.2) is 14.6 Å². The van der Waals surface area contributed by atoms with E-state index in [-0.39, 0.29) is 42.4 Å². The summed E-state index contributed by atoms with van der Waals surface area (Å²) >= 11 is 1.16. The molecule has 42 heavy (non-hydrogen) atoms. The van der Waals surface area contributed by atoms with Crippen molar-refractivity contribution in [3.8, 4) is 0 Å². The molecule has 2 N–H and O–H groups in total. The molecule has 0 aliphatic carbocycles. The van der Waals surface area contributed by atoms with Gasteiger partial charge in [-0.1, -0.05) is 48.0 Å². The first-order valence-electron chi connectivity index (χ1n) is 14.7. The molecule has 0 saturated heterocycles. The maximum atomic E-state index is 13.9. The second-order valence-corrected chi connectivity index (χ2v) is 13.3. The Balaban J connectivity index is 3.19. The number of nitrogens with zero attached hydrogens (tertiary/aromatic N) is 3. The number of ether oxygens (including phenoxy) is 2. The van der Waals surface area contributed by atoms with E-state index in [2.05, 4.69) is 10.3 Å². The Labute approximate surface area is 255 Å². The molecule has 5 atom stereocenters. The molecule has 0 spiro atoms. The van der Waals surface area contributed by atoms with Crippen LogP contribution in [0.4, 0.5) is 4.79 Å². The lowest BCUT2D eigenvalue weighted by atomic mass is 9.92. The van der Waals surface area contributed by atoms with Crippen molar-refractivity contribution in [3.05, 3.63) is 16.1 Å². The standard InChI is InChI=1S/C30H52N4O7S/c1-13-19(7)23(32-25(36)24(18(5)6)34(12)29(39)41-30(8,9)10)27(37)33(11)21(17(3)4)15-22(35)26-31-20(16-42-26)28(38)40-14-2/h16-19,21-24,35H,13-15H2,1-12H3,(H,32,36). The van der Waals surface area contributed by atoms with Gasteiger partial charge >= 0.3 is 12.1 Å². The molecule has 5 unspecified atom stereocenters. The third-order valence-corrected chi connectivity index (χ3v) is 8.09. The second-order valence-electron chi connectivity index (χ2n) is 12.5. The van der Waals surface area contributed by atoms with E-state index in [1.165, 1.54) is 11.9 Å². The van der Waals surface area contributed by atoms with Gasteiger partial charge in [0, 0.05) is 31.9 Å². The highest BCUT2D eigenvalue weighted by atomic mass is 32.1. The summed E-state index contributed by atoms with van der Waals surface area (Å²) < 4.78 is 10.5. The van der Waals surface area contributed by atoms with E-state index in [1.54, 1.807) is 45.0 Å². The van der Waals surface area contributed by atoms with Gasteiger partial charge in [-0.3, -0.25) is 14.5 Å². The largest absolute Gasteiger partial charge is 0.461 e. The minimum absolute atomic E-state index is 0.0342. The molecule has 0 radical (unpaired) electrons. The molecule has 11 nitrogen and oxygen atoms in total. The fraction of sp³-hybridized carbons (Fsp3) is 0.767. The van der Waals surface area contributed by atoms with Crippen LogP contribution >= 0.6 is 11.3 Å². The van der Waals surface area contributed by atoms with Gasteiger partial charge in [0.05, 0.1) is 6.61 Å². The molecule has 12 heteroatoms. The second kappa shape index (κ2) is 16.2. The number of nitrogens with one attached hydrogen (secondary N) is 1. The number of aliphatic hydroxyl groups is 1. The average molecular weight is 613 g/mol. The summed E-state index contributed by atoms with van der Waals surface area (Å²) in [5.41, 5.74) is -0.589. The molecule has 0 saturated carbocycles. The third kappa shape index (κ3) is 10.5. The lowest BCUT2D eigenvalue weighted by Crippen LogP contribution is -2.59. The predicted molar refractivity (Wildman–Crippen MR) is 163 cm³/mol. The monoisotopic (exact) mass is 612 g/mol. The van der Waals surface area contributed by atoms with E-state index in [0.717, 1.165) is 11.3 Å². The van der Waals surface area contributed by atoms with E-state index in [0.29, 0.717) is 11.4 Å². The number of hydrogen-bond acceptors (Lipinski definition) is 9. The Kier molecular flexibility index (Phi) is 14.4. The molecule has 240 valence electrons. The van der Waals surface area contributed by atoms with Crippen molar-refractivity contribution >= 4 is 35.2 Å². The molecule has 0 bridgehead atoms. The van der Waals surface area contributed by atoms with E-state index in [9.17, 15) is 24.3 Å². The Morgan fingerprint density at radius 2 is 1.62 bits per heavy atom. The molecule has 0 aliphatic rings. The van der Waals surface area contributed by atoms with E-state index < -0.39 is 47.8 Å². The van der Waals surface area contributed by atoms with Crippen LogP contribution in [0.5, 0.6) is 0 Å². The van der Waals surface area contributed by atoms with Crippen LogP contribution in [-0.4, -0.2) is 88.2 Å². The Morgan fingerprint density at radius 3 is 2.10 bits per heavy atom. The van der Waals surface area contributed by atoms with E-state index >= 15 is 0 Å². The first kappa shape index (κ1) is 37.3. The summed E-state index contributed by atoms with van der Waals surface area (Å²) in [7, 11) is 3.19. The summed E-state index contributed by atoms with van der Waals surface area (Å²) in [5, 5.41) is 15.8. The molecule has 1 rings (SSSR count). The van der Waals surface area contributed by atoms with Gasteiger partial charge < -0.3 is 24.8 Å². The lowest BCUT2D eigenvalue weighted by molar-refractivity contribution is -0.141. The number of aliphatic hydroxyl groups excluding tert-OH is 1. The molecule has 0 aromatic carbocycles. The topological polar surface area (TPSA) is 138 Å². The Morgan fingerprint density at radius 1 is 1.02 bits per heavy atom. The van der Waals surface area contributed by atoms with Gasteiger partial charge in [0.15, 0.2) is 5.69 Å². The van der Waals surface area contributed by atoms with Gasteiger partial charge in [0.25, 0.3) is 0 Å². The van der Waals surface area contributed by atoms with Gasteiger partial charge in [-0.05, 0) is 45.4 Å². The molecular formula is C30H52N4O7S. The predicted octanol–water partition coefficient (Wildman–Crippen LogP) is 4.65. The number of likely N-dealkylation sites (N-methyl/N-ethyl adjacent to an activating group) is 2. The number of rotatable bonds is 14. The maximum Gasteiger partial charge on any atom is 0.410 e. The number of aromatic nitrogens is 1. The third-order valence-electron chi connectivity index (χ3n) is 7.15. The lowest BCUT2D eigenvalue weighted by Gasteiger charge is -2.38. The number of hydrogen-bond donors (Lipinski definition) is 2.